The number of likely N-dealkylation sites (N-methyl/N-ethyl adjacent to an activating group) is 1. The van der Waals surface area contributed by atoms with Gasteiger partial charge in [-0.25, -0.2) is 4.39 Å². The molecule has 1 fully saturated rings. The van der Waals surface area contributed by atoms with Crippen LogP contribution in [-0.4, -0.2) is 36.6 Å². The molecule has 8 heteroatoms. The van der Waals surface area contributed by atoms with Crippen LogP contribution < -0.4 is 10.6 Å². The highest BCUT2D eigenvalue weighted by Gasteiger charge is 2.34. The minimum Gasteiger partial charge on any atom is -0.379 e. The lowest BCUT2D eigenvalue weighted by Gasteiger charge is -2.17. The van der Waals surface area contributed by atoms with Gasteiger partial charge in [0.15, 0.2) is 11.5 Å². The molecule has 7 nitrogen and oxygen atoms in total. The number of nitrogens with zero attached hydrogens (tertiary/aromatic N) is 1. The largest absolute Gasteiger partial charge is 0.379 e. The number of nitro benzene ring substituents is 1. The lowest BCUT2D eigenvalue weighted by atomic mass is 10.0. The van der Waals surface area contributed by atoms with Crippen molar-refractivity contribution in [3.05, 3.63) is 34.1 Å². The van der Waals surface area contributed by atoms with Gasteiger partial charge in [-0.1, -0.05) is 13.0 Å². The highest BCUT2D eigenvalue weighted by atomic mass is 19.1. The van der Waals surface area contributed by atoms with Gasteiger partial charge in [0.25, 0.3) is 5.69 Å². The Morgan fingerprint density at radius 1 is 1.52 bits per heavy atom. The molecule has 2 unspecified atom stereocenters. The number of hydrogen-bond donors (Lipinski definition) is 2. The highest BCUT2D eigenvalue weighted by Crippen LogP contribution is 2.28. The van der Waals surface area contributed by atoms with Crippen molar-refractivity contribution in [2.45, 2.75) is 13.0 Å². The summed E-state index contributed by atoms with van der Waals surface area (Å²) >= 11 is 0. The molecule has 1 aromatic carbocycles. The molecule has 0 saturated carbocycles. The Hall–Kier alpha value is -2.06. The van der Waals surface area contributed by atoms with Gasteiger partial charge in [-0.05, 0) is 12.6 Å². The number of carbonyl (C=O) groups excluding carboxylic acids is 1. The van der Waals surface area contributed by atoms with Crippen LogP contribution in [0.5, 0.6) is 0 Å². The lowest BCUT2D eigenvalue weighted by molar-refractivity contribution is -0.384. The summed E-state index contributed by atoms with van der Waals surface area (Å²) in [6, 6.07) is 3.26. The van der Waals surface area contributed by atoms with Crippen molar-refractivity contribution < 1.29 is 18.8 Å². The van der Waals surface area contributed by atoms with E-state index in [9.17, 15) is 19.3 Å². The SMILES string of the molecule is CCNC1COCC1C(=O)Nc1c(F)cccc1[N+](=O)[O-]. The molecule has 0 aromatic heterocycles. The average Bonchev–Trinajstić information content (AvgIpc) is 2.89. The Morgan fingerprint density at radius 2 is 2.29 bits per heavy atom. The number of hydrogen-bond acceptors (Lipinski definition) is 5. The second-order valence-corrected chi connectivity index (χ2v) is 4.69. The Kier molecular flexibility index (Phi) is 4.81. The Balaban J connectivity index is 2.18. The smallest absolute Gasteiger partial charge is 0.295 e. The Bertz CT molecular complexity index is 552. The van der Waals surface area contributed by atoms with Crippen LogP contribution >= 0.6 is 0 Å². The Morgan fingerprint density at radius 3 is 2.95 bits per heavy atom. The van der Waals surface area contributed by atoms with E-state index in [2.05, 4.69) is 10.6 Å². The van der Waals surface area contributed by atoms with Crippen LogP contribution in [0, 0.1) is 21.8 Å². The van der Waals surface area contributed by atoms with E-state index < -0.39 is 33.9 Å². The summed E-state index contributed by atoms with van der Waals surface area (Å²) in [5, 5.41) is 16.3. The molecule has 2 rings (SSSR count). The number of ether oxygens (including phenoxy) is 1. The van der Waals surface area contributed by atoms with Crippen molar-refractivity contribution in [2.24, 2.45) is 5.92 Å². The fraction of sp³-hybridized carbons (Fsp3) is 0.462. The first kappa shape index (κ1) is 15.3. The molecule has 0 aliphatic carbocycles. The molecular formula is C13H16FN3O4. The summed E-state index contributed by atoms with van der Waals surface area (Å²) in [5.41, 5.74) is -0.878. The zero-order valence-corrected chi connectivity index (χ0v) is 11.5. The number of rotatable bonds is 5. The zero-order valence-electron chi connectivity index (χ0n) is 11.5. The van der Waals surface area contributed by atoms with Crippen LogP contribution in [0.25, 0.3) is 0 Å². The van der Waals surface area contributed by atoms with Crippen LogP contribution in [0.15, 0.2) is 18.2 Å². The van der Waals surface area contributed by atoms with Crippen molar-refractivity contribution in [1.82, 2.24) is 5.32 Å². The van der Waals surface area contributed by atoms with Crippen LogP contribution in [0.3, 0.4) is 0 Å². The molecule has 1 aliphatic rings. The number of halogens is 1. The van der Waals surface area contributed by atoms with Crippen LogP contribution in [0.2, 0.25) is 0 Å². The molecule has 2 N–H and O–H groups in total. The van der Waals surface area contributed by atoms with Gasteiger partial charge in [0, 0.05) is 12.1 Å². The normalized spacial score (nSPS) is 21.2. The second-order valence-electron chi connectivity index (χ2n) is 4.69. The molecule has 1 aromatic rings. The van der Waals surface area contributed by atoms with Gasteiger partial charge in [0.05, 0.1) is 24.1 Å². The number of carbonyl (C=O) groups is 1. The molecule has 114 valence electrons. The molecule has 1 aliphatic heterocycles. The topological polar surface area (TPSA) is 93.5 Å². The molecule has 0 radical (unpaired) electrons. The van der Waals surface area contributed by atoms with Crippen LogP contribution in [0.1, 0.15) is 6.92 Å². The van der Waals surface area contributed by atoms with Crippen LogP contribution in [-0.2, 0) is 9.53 Å². The first-order chi connectivity index (χ1) is 10.0. The Labute approximate surface area is 120 Å². The first-order valence-corrected chi connectivity index (χ1v) is 6.59. The third-order valence-corrected chi connectivity index (χ3v) is 3.32. The second kappa shape index (κ2) is 6.59. The zero-order chi connectivity index (χ0) is 15.4. The van der Waals surface area contributed by atoms with E-state index in [1.807, 2.05) is 6.92 Å². The predicted octanol–water partition coefficient (Wildman–Crippen LogP) is 1.30. The third kappa shape index (κ3) is 3.34. The van der Waals surface area contributed by atoms with Crippen molar-refractivity contribution >= 4 is 17.3 Å². The van der Waals surface area contributed by atoms with E-state index in [1.54, 1.807) is 0 Å². The molecule has 0 bridgehead atoms. The fourth-order valence-electron chi connectivity index (χ4n) is 2.28. The molecule has 1 amide bonds. The minimum atomic E-state index is -0.837. The first-order valence-electron chi connectivity index (χ1n) is 6.59. The quantitative estimate of drug-likeness (QED) is 0.631. The number of para-hydroxylation sites is 1. The number of benzene rings is 1. The van der Waals surface area contributed by atoms with Crippen LogP contribution in [0.4, 0.5) is 15.8 Å². The van der Waals surface area contributed by atoms with Crippen molar-refractivity contribution in [3.8, 4) is 0 Å². The monoisotopic (exact) mass is 297 g/mol. The summed E-state index contributed by atoms with van der Waals surface area (Å²) in [5.74, 6) is -1.84. The van der Waals surface area contributed by atoms with Gasteiger partial charge in [-0.3, -0.25) is 14.9 Å². The molecule has 1 heterocycles. The van der Waals surface area contributed by atoms with Gasteiger partial charge in [-0.2, -0.15) is 0 Å². The van der Waals surface area contributed by atoms with Gasteiger partial charge < -0.3 is 15.4 Å². The summed E-state index contributed by atoms with van der Waals surface area (Å²) < 4.78 is 19.0. The van der Waals surface area contributed by atoms with E-state index in [1.165, 1.54) is 6.07 Å². The van der Waals surface area contributed by atoms with Gasteiger partial charge in [-0.15, -0.1) is 0 Å². The van der Waals surface area contributed by atoms with E-state index in [0.717, 1.165) is 12.1 Å². The van der Waals surface area contributed by atoms with Crippen molar-refractivity contribution in [3.63, 3.8) is 0 Å². The average molecular weight is 297 g/mol. The van der Waals surface area contributed by atoms with Gasteiger partial charge in [0.1, 0.15) is 0 Å². The molecule has 2 atom stereocenters. The molecular weight excluding hydrogens is 281 g/mol. The van der Waals surface area contributed by atoms with E-state index >= 15 is 0 Å². The predicted molar refractivity (Wildman–Crippen MR) is 73.5 cm³/mol. The summed E-state index contributed by atoms with van der Waals surface area (Å²) in [6.07, 6.45) is 0. The summed E-state index contributed by atoms with van der Waals surface area (Å²) in [4.78, 5) is 22.4. The summed E-state index contributed by atoms with van der Waals surface area (Å²) in [7, 11) is 0. The molecule has 21 heavy (non-hydrogen) atoms. The summed E-state index contributed by atoms with van der Waals surface area (Å²) in [6.45, 7) is 3.14. The molecule has 0 spiro atoms. The number of nitro groups is 1. The number of nitrogens with one attached hydrogen (secondary N) is 2. The fourth-order valence-corrected chi connectivity index (χ4v) is 2.28. The highest BCUT2D eigenvalue weighted by molar-refractivity contribution is 5.95. The maximum Gasteiger partial charge on any atom is 0.295 e. The van der Waals surface area contributed by atoms with Gasteiger partial charge in [0.2, 0.25) is 5.91 Å². The van der Waals surface area contributed by atoms with E-state index in [0.29, 0.717) is 13.2 Å². The van der Waals surface area contributed by atoms with Crippen molar-refractivity contribution in [2.75, 3.05) is 25.1 Å². The maximum atomic E-state index is 13.7. The standard InChI is InChI=1S/C13H16FN3O4/c1-2-15-10-7-21-6-8(10)13(18)16-12-9(14)4-3-5-11(12)17(19)20/h3-5,8,10,15H,2,6-7H2,1H3,(H,16,18). The third-order valence-electron chi connectivity index (χ3n) is 3.32. The number of anilines is 1. The van der Waals surface area contributed by atoms with E-state index in [-0.39, 0.29) is 12.6 Å². The van der Waals surface area contributed by atoms with Crippen molar-refractivity contribution in [1.29, 1.82) is 0 Å². The maximum absolute atomic E-state index is 13.7. The lowest BCUT2D eigenvalue weighted by Crippen LogP contribution is -2.41. The van der Waals surface area contributed by atoms with E-state index in [4.69, 9.17) is 4.74 Å². The van der Waals surface area contributed by atoms with Gasteiger partial charge >= 0.3 is 0 Å². The minimum absolute atomic E-state index is 0.180. The molecule has 1 saturated heterocycles. The number of amides is 1.